The van der Waals surface area contributed by atoms with Gasteiger partial charge in [-0.15, -0.1) is 16.4 Å². The van der Waals surface area contributed by atoms with Gasteiger partial charge in [-0.2, -0.15) is 5.26 Å². The van der Waals surface area contributed by atoms with E-state index in [1.54, 1.807) is 16.9 Å². The highest BCUT2D eigenvalue weighted by Crippen LogP contribution is 2.51. The lowest BCUT2D eigenvalue weighted by Crippen LogP contribution is -2.50. The molecule has 31 heavy (non-hydrogen) atoms. The van der Waals surface area contributed by atoms with Crippen LogP contribution in [0.3, 0.4) is 0 Å². The van der Waals surface area contributed by atoms with E-state index >= 15 is 0 Å². The van der Waals surface area contributed by atoms with Gasteiger partial charge in [0.2, 0.25) is 0 Å². The molecule has 3 aromatic rings. The number of halogens is 1. The van der Waals surface area contributed by atoms with E-state index in [1.807, 2.05) is 24.4 Å². The molecule has 4 atom stereocenters. The van der Waals surface area contributed by atoms with Gasteiger partial charge in [0.1, 0.15) is 23.5 Å². The van der Waals surface area contributed by atoms with Gasteiger partial charge in [0.05, 0.1) is 35.4 Å². The van der Waals surface area contributed by atoms with Gasteiger partial charge < -0.3 is 15.2 Å². The monoisotopic (exact) mass is 456 g/mol. The fraction of sp³-hybridized carbons (Fsp3) is 0.429. The van der Waals surface area contributed by atoms with Gasteiger partial charge in [-0.05, 0) is 31.0 Å². The van der Waals surface area contributed by atoms with Crippen molar-refractivity contribution in [1.29, 1.82) is 5.26 Å². The molecule has 2 aliphatic rings. The molecule has 3 aromatic heterocycles. The molecule has 1 unspecified atom stereocenters. The van der Waals surface area contributed by atoms with Crippen molar-refractivity contribution in [3.05, 3.63) is 62.3 Å². The Balaban J connectivity index is 1.39. The van der Waals surface area contributed by atoms with Gasteiger partial charge in [0, 0.05) is 29.1 Å². The number of aliphatic hydroxyl groups excluding tert-OH is 1. The number of nitriles is 1. The predicted octanol–water partition coefficient (Wildman–Crippen LogP) is 3.08. The van der Waals surface area contributed by atoms with Crippen LogP contribution in [0.15, 0.2) is 30.6 Å². The summed E-state index contributed by atoms with van der Waals surface area (Å²) in [6.45, 7) is 2.91. The molecule has 5 rings (SSSR count). The van der Waals surface area contributed by atoms with Crippen molar-refractivity contribution in [2.24, 2.45) is 0 Å². The lowest BCUT2D eigenvalue weighted by molar-refractivity contribution is -0.129. The van der Waals surface area contributed by atoms with Crippen LogP contribution in [0.4, 0.5) is 0 Å². The molecule has 5 heterocycles. The number of hydrogen-bond acceptors (Lipinski definition) is 8. The second-order valence-electron chi connectivity index (χ2n) is 8.19. The van der Waals surface area contributed by atoms with E-state index in [2.05, 4.69) is 27.5 Å². The minimum atomic E-state index is -0.644. The summed E-state index contributed by atoms with van der Waals surface area (Å²) in [5, 5.41) is 31.6. The third kappa shape index (κ3) is 3.86. The average Bonchev–Trinajstić information content (AvgIpc) is 3.39. The molecule has 0 radical (unpaired) electrons. The third-order valence-electron chi connectivity index (χ3n) is 5.87. The van der Waals surface area contributed by atoms with E-state index in [-0.39, 0.29) is 18.7 Å². The van der Waals surface area contributed by atoms with E-state index in [0.29, 0.717) is 23.0 Å². The number of pyridine rings is 1. The Morgan fingerprint density at radius 1 is 1.45 bits per heavy atom. The molecule has 2 N–H and O–H groups in total. The molecule has 1 spiro atoms. The Bertz CT molecular complexity index is 1140. The van der Waals surface area contributed by atoms with Crippen LogP contribution in [0.5, 0.6) is 0 Å². The summed E-state index contributed by atoms with van der Waals surface area (Å²) in [5.41, 5.74) is 2.55. The fourth-order valence-electron chi connectivity index (χ4n) is 4.55. The van der Waals surface area contributed by atoms with E-state index in [0.717, 1.165) is 28.1 Å². The highest BCUT2D eigenvalue weighted by atomic mass is 35.5. The molecule has 160 valence electrons. The molecule has 0 saturated carbocycles. The third-order valence-corrected chi connectivity index (χ3v) is 7.34. The first-order chi connectivity index (χ1) is 15.0. The number of nitrogens with one attached hydrogen (secondary N) is 1. The minimum absolute atomic E-state index is 0.0411. The zero-order chi connectivity index (χ0) is 21.6. The van der Waals surface area contributed by atoms with Gasteiger partial charge in [-0.25, -0.2) is 9.67 Å². The normalized spacial score (nSPS) is 27.7. The molecule has 1 saturated heterocycles. The highest BCUT2D eigenvalue weighted by Gasteiger charge is 2.48. The topological polar surface area (TPSA) is 109 Å². The first-order valence-corrected chi connectivity index (χ1v) is 11.3. The lowest BCUT2D eigenvalue weighted by Gasteiger charge is -2.46. The molecule has 0 amide bonds. The van der Waals surface area contributed by atoms with Gasteiger partial charge in [-0.3, -0.25) is 0 Å². The molecule has 2 aliphatic heterocycles. The van der Waals surface area contributed by atoms with Crippen molar-refractivity contribution >= 4 is 22.9 Å². The second-order valence-corrected chi connectivity index (χ2v) is 9.87. The molecule has 0 bridgehead atoms. The Labute approximate surface area is 188 Å². The van der Waals surface area contributed by atoms with Crippen LogP contribution in [0.1, 0.15) is 59.3 Å². The maximum atomic E-state index is 10.4. The van der Waals surface area contributed by atoms with E-state index < -0.39 is 11.7 Å². The summed E-state index contributed by atoms with van der Waals surface area (Å²) in [5.74, 6) is 0. The largest absolute Gasteiger partial charge is 0.386 e. The first-order valence-electron chi connectivity index (χ1n) is 10.1. The number of nitrogens with zero attached hydrogens (tertiary/aromatic N) is 5. The summed E-state index contributed by atoms with van der Waals surface area (Å²) < 4.78 is 8.71. The summed E-state index contributed by atoms with van der Waals surface area (Å²) in [6, 6.07) is 7.59. The zero-order valence-electron chi connectivity index (χ0n) is 16.8. The van der Waals surface area contributed by atoms with Crippen molar-refractivity contribution in [3.63, 3.8) is 0 Å². The van der Waals surface area contributed by atoms with Gasteiger partial charge in [-0.1, -0.05) is 22.9 Å². The van der Waals surface area contributed by atoms with Crippen LogP contribution in [0, 0.1) is 11.3 Å². The van der Waals surface area contributed by atoms with Gasteiger partial charge in [0.15, 0.2) is 0 Å². The molecule has 0 aliphatic carbocycles. The van der Waals surface area contributed by atoms with Crippen LogP contribution in [-0.4, -0.2) is 37.7 Å². The van der Waals surface area contributed by atoms with Crippen LogP contribution >= 0.6 is 22.9 Å². The Morgan fingerprint density at radius 2 is 2.32 bits per heavy atom. The van der Waals surface area contributed by atoms with Crippen LogP contribution in [0.25, 0.3) is 0 Å². The molecule has 8 nitrogen and oxygen atoms in total. The van der Waals surface area contributed by atoms with E-state index in [4.69, 9.17) is 21.6 Å². The predicted molar refractivity (Wildman–Crippen MR) is 115 cm³/mol. The number of fused-ring (bicyclic) bond motifs is 2. The Morgan fingerprint density at radius 3 is 3.10 bits per heavy atom. The number of rotatable bonds is 3. The number of piperidine rings is 1. The molecule has 0 aromatic carbocycles. The summed E-state index contributed by atoms with van der Waals surface area (Å²) in [7, 11) is 0. The zero-order valence-corrected chi connectivity index (χ0v) is 18.4. The van der Waals surface area contributed by atoms with E-state index in [9.17, 15) is 5.11 Å². The molecule has 10 heteroatoms. The van der Waals surface area contributed by atoms with Crippen molar-refractivity contribution in [2.45, 2.75) is 50.1 Å². The van der Waals surface area contributed by atoms with Crippen LogP contribution < -0.4 is 5.32 Å². The molecule has 1 fully saturated rings. The number of aliphatic hydroxyl groups is 1. The Hall–Kier alpha value is -2.35. The molecular weight excluding hydrogens is 436 g/mol. The minimum Gasteiger partial charge on any atom is -0.386 e. The van der Waals surface area contributed by atoms with Crippen LogP contribution in [-0.2, 0) is 16.9 Å². The van der Waals surface area contributed by atoms with Gasteiger partial charge >= 0.3 is 0 Å². The Kier molecular flexibility index (Phi) is 5.28. The number of thiophene rings is 1. The number of aromatic nitrogens is 4. The standard InChI is InChI=1S/C21H21ClN6O2S/c1-12-5-21(20-15(4-19(22)31-20)18(29)11-30-21)6-16(25-12)17-10-28(27-26-17)9-13-2-3-14(7-23)24-8-13/h2-4,8,10,12,16,18,25,29H,5-6,9,11H2,1H3/t12-,16-,18+,21?/m0/s1. The lowest BCUT2D eigenvalue weighted by atomic mass is 9.79. The average molecular weight is 457 g/mol. The van der Waals surface area contributed by atoms with Crippen molar-refractivity contribution < 1.29 is 9.84 Å². The second kappa shape index (κ2) is 7.97. The summed E-state index contributed by atoms with van der Waals surface area (Å²) in [4.78, 5) is 5.12. The molecular formula is C21H21ClN6O2S. The van der Waals surface area contributed by atoms with Crippen LogP contribution in [0.2, 0.25) is 4.34 Å². The fourth-order valence-corrected chi connectivity index (χ4v) is 6.01. The maximum Gasteiger partial charge on any atom is 0.140 e. The van der Waals surface area contributed by atoms with E-state index in [1.165, 1.54) is 11.3 Å². The smallest absolute Gasteiger partial charge is 0.140 e. The van der Waals surface area contributed by atoms with Gasteiger partial charge in [0.25, 0.3) is 0 Å². The van der Waals surface area contributed by atoms with Crippen molar-refractivity contribution in [1.82, 2.24) is 25.3 Å². The maximum absolute atomic E-state index is 10.4. The summed E-state index contributed by atoms with van der Waals surface area (Å²) in [6.07, 6.45) is 4.45. The summed E-state index contributed by atoms with van der Waals surface area (Å²) >= 11 is 7.79. The highest BCUT2D eigenvalue weighted by molar-refractivity contribution is 7.16. The number of ether oxygens (including phenoxy) is 1. The van der Waals surface area contributed by atoms with Crippen molar-refractivity contribution in [2.75, 3.05) is 6.61 Å². The quantitative estimate of drug-likeness (QED) is 0.623. The van der Waals surface area contributed by atoms with Crippen molar-refractivity contribution in [3.8, 4) is 6.07 Å². The number of hydrogen-bond donors (Lipinski definition) is 2. The SMILES string of the molecule is C[C@H]1CC2(C[C@@H](c3cn(Cc4ccc(C#N)nc4)nn3)N1)OC[C@@H](O)c1cc(Cl)sc12. The first kappa shape index (κ1) is 20.5.